The Balaban J connectivity index is 1.62. The molecule has 1 N–H and O–H groups in total. The summed E-state index contributed by atoms with van der Waals surface area (Å²) in [6, 6.07) is 26.7. The Morgan fingerprint density at radius 3 is 2.19 bits per heavy atom. The van der Waals surface area contributed by atoms with E-state index in [0.717, 1.165) is 16.7 Å². The molecule has 4 heteroatoms. The van der Waals surface area contributed by atoms with Crippen LogP contribution in [0.5, 0.6) is 5.75 Å². The Hall–Kier alpha value is -3.11. The number of hydrogen-bond donors (Lipinski definition) is 1. The summed E-state index contributed by atoms with van der Waals surface area (Å²) in [5, 5.41) is 10.8. The molecule has 0 spiro atoms. The van der Waals surface area contributed by atoms with Gasteiger partial charge in [-0.1, -0.05) is 86.6 Å². The topological polar surface area (TPSA) is 55.8 Å². The zero-order chi connectivity index (χ0) is 21.8. The molecule has 0 aromatic heterocycles. The van der Waals surface area contributed by atoms with Gasteiger partial charge in [-0.2, -0.15) is 0 Å². The zero-order valence-corrected chi connectivity index (χ0v) is 17.8. The number of rotatable bonds is 7. The van der Waals surface area contributed by atoms with Crippen molar-refractivity contribution in [2.75, 3.05) is 0 Å². The van der Waals surface area contributed by atoms with E-state index in [-0.39, 0.29) is 17.8 Å². The fraction of sp³-hybridized carbons (Fsp3) is 0.296. The highest BCUT2D eigenvalue weighted by Gasteiger charge is 2.43. The predicted molar refractivity (Wildman–Crippen MR) is 120 cm³/mol. The number of aliphatic hydroxyl groups is 1. The van der Waals surface area contributed by atoms with Gasteiger partial charge in [0.25, 0.3) is 6.29 Å². The van der Waals surface area contributed by atoms with Crippen LogP contribution in [0.1, 0.15) is 42.7 Å². The van der Waals surface area contributed by atoms with Crippen LogP contribution in [0, 0.1) is 11.8 Å². The molecule has 0 saturated carbocycles. The lowest BCUT2D eigenvalue weighted by molar-refractivity contribution is -0.173. The average molecular weight is 417 g/mol. The highest BCUT2D eigenvalue weighted by Crippen LogP contribution is 2.42. The normalized spacial score (nSPS) is 19.5. The smallest absolute Gasteiger partial charge is 0.313 e. The van der Waals surface area contributed by atoms with Gasteiger partial charge in [0.05, 0.1) is 12.0 Å². The van der Waals surface area contributed by atoms with Crippen molar-refractivity contribution in [3.05, 3.63) is 102 Å². The summed E-state index contributed by atoms with van der Waals surface area (Å²) in [6.45, 7) is 3.99. The Morgan fingerprint density at radius 1 is 0.903 bits per heavy atom. The quantitative estimate of drug-likeness (QED) is 0.421. The summed E-state index contributed by atoms with van der Waals surface area (Å²) in [5.74, 6) is -0.524. The fourth-order valence-corrected chi connectivity index (χ4v) is 4.45. The molecular formula is C27H28O4. The van der Waals surface area contributed by atoms with Crippen molar-refractivity contribution >= 4 is 5.97 Å². The van der Waals surface area contributed by atoms with Crippen molar-refractivity contribution in [1.82, 2.24) is 0 Å². The third-order valence-electron chi connectivity index (χ3n) is 5.92. The van der Waals surface area contributed by atoms with Crippen molar-refractivity contribution in [3.63, 3.8) is 0 Å². The van der Waals surface area contributed by atoms with Crippen molar-refractivity contribution in [3.8, 4) is 5.75 Å². The van der Waals surface area contributed by atoms with Gasteiger partial charge in [0.1, 0.15) is 5.75 Å². The molecule has 0 heterocycles. The van der Waals surface area contributed by atoms with Crippen molar-refractivity contribution < 1.29 is 19.4 Å². The van der Waals surface area contributed by atoms with Gasteiger partial charge in [0.2, 0.25) is 0 Å². The van der Waals surface area contributed by atoms with E-state index in [1.807, 2.05) is 98.8 Å². The number of carbonyl (C=O) groups is 1. The molecule has 31 heavy (non-hydrogen) atoms. The first-order valence-electron chi connectivity index (χ1n) is 10.8. The highest BCUT2D eigenvalue weighted by atomic mass is 16.7. The summed E-state index contributed by atoms with van der Waals surface area (Å²) < 4.78 is 12.0. The Kier molecular flexibility index (Phi) is 6.38. The molecule has 0 radical (unpaired) electrons. The number of aliphatic hydroxyl groups excluding tert-OH is 1. The van der Waals surface area contributed by atoms with Crippen LogP contribution in [0.4, 0.5) is 0 Å². The fourth-order valence-electron chi connectivity index (χ4n) is 4.45. The van der Waals surface area contributed by atoms with Crippen LogP contribution < -0.4 is 4.74 Å². The Morgan fingerprint density at radius 2 is 1.52 bits per heavy atom. The van der Waals surface area contributed by atoms with E-state index in [0.29, 0.717) is 12.2 Å². The molecule has 4 atom stereocenters. The van der Waals surface area contributed by atoms with Gasteiger partial charge in [-0.15, -0.1) is 0 Å². The Labute approximate surface area is 183 Å². The first kappa shape index (κ1) is 21.1. The summed E-state index contributed by atoms with van der Waals surface area (Å²) in [5.41, 5.74) is 2.89. The molecule has 0 saturated heterocycles. The molecule has 1 aliphatic rings. The van der Waals surface area contributed by atoms with Crippen LogP contribution in [0.25, 0.3) is 0 Å². The molecule has 0 aliphatic heterocycles. The van der Waals surface area contributed by atoms with E-state index in [4.69, 9.17) is 9.47 Å². The standard InChI is InChI=1S/C27H28O4/c1-18(2)24(25-22-16-10-9-13-20(22)17-23(25)28)26(29)31-27(19-11-5-3-6-12-19)30-21-14-7-4-8-15-21/h3-16,18,23-25,27-28H,17H2,1-2H3. The predicted octanol–water partition coefficient (Wildman–Crippen LogP) is 5.28. The van der Waals surface area contributed by atoms with Crippen LogP contribution in [0.3, 0.4) is 0 Å². The minimum Gasteiger partial charge on any atom is -0.450 e. The van der Waals surface area contributed by atoms with E-state index in [1.165, 1.54) is 0 Å². The average Bonchev–Trinajstić information content (AvgIpc) is 3.10. The first-order chi connectivity index (χ1) is 15.0. The maximum absolute atomic E-state index is 13.5. The number of para-hydroxylation sites is 1. The van der Waals surface area contributed by atoms with Gasteiger partial charge in [-0.25, -0.2) is 0 Å². The molecule has 3 aromatic rings. The number of benzene rings is 3. The van der Waals surface area contributed by atoms with Crippen LogP contribution in [-0.2, 0) is 16.0 Å². The lowest BCUT2D eigenvalue weighted by Gasteiger charge is -2.30. The van der Waals surface area contributed by atoms with E-state index < -0.39 is 18.3 Å². The lowest BCUT2D eigenvalue weighted by Crippen LogP contribution is -2.35. The number of fused-ring (bicyclic) bond motifs is 1. The third-order valence-corrected chi connectivity index (χ3v) is 5.92. The maximum Gasteiger partial charge on any atom is 0.313 e. The van der Waals surface area contributed by atoms with Gasteiger partial charge in [-0.05, 0) is 35.6 Å². The van der Waals surface area contributed by atoms with Crippen molar-refractivity contribution in [1.29, 1.82) is 0 Å². The SMILES string of the molecule is CC(C)C(C(=O)OC(Oc1ccccc1)c1ccccc1)C1c2ccccc2CC1O. The van der Waals surface area contributed by atoms with Crippen LogP contribution in [0.15, 0.2) is 84.9 Å². The minimum absolute atomic E-state index is 0.00791. The van der Waals surface area contributed by atoms with Crippen LogP contribution >= 0.6 is 0 Å². The van der Waals surface area contributed by atoms with Gasteiger partial charge in [-0.3, -0.25) is 4.79 Å². The van der Waals surface area contributed by atoms with Crippen molar-refractivity contribution in [2.24, 2.45) is 11.8 Å². The van der Waals surface area contributed by atoms with Gasteiger partial charge >= 0.3 is 5.97 Å². The minimum atomic E-state index is -0.869. The second-order valence-electron chi connectivity index (χ2n) is 8.38. The van der Waals surface area contributed by atoms with Crippen LogP contribution in [0.2, 0.25) is 0 Å². The number of ether oxygens (including phenoxy) is 2. The Bertz CT molecular complexity index is 1000. The van der Waals surface area contributed by atoms with Gasteiger partial charge in [0, 0.05) is 11.5 Å². The van der Waals surface area contributed by atoms with E-state index in [1.54, 1.807) is 0 Å². The number of esters is 1. The molecule has 0 bridgehead atoms. The van der Waals surface area contributed by atoms with Crippen LogP contribution in [-0.4, -0.2) is 17.2 Å². The molecule has 4 nitrogen and oxygen atoms in total. The molecule has 4 rings (SSSR count). The molecule has 4 unspecified atom stereocenters. The molecule has 1 aliphatic carbocycles. The van der Waals surface area contributed by atoms with E-state index >= 15 is 0 Å². The largest absolute Gasteiger partial charge is 0.450 e. The monoisotopic (exact) mass is 416 g/mol. The number of carbonyl (C=O) groups excluding carboxylic acids is 1. The van der Waals surface area contributed by atoms with E-state index in [2.05, 4.69) is 0 Å². The molecule has 0 amide bonds. The van der Waals surface area contributed by atoms with Gasteiger partial charge < -0.3 is 14.6 Å². The molecular weight excluding hydrogens is 388 g/mol. The zero-order valence-electron chi connectivity index (χ0n) is 17.8. The summed E-state index contributed by atoms with van der Waals surface area (Å²) in [7, 11) is 0. The summed E-state index contributed by atoms with van der Waals surface area (Å²) in [6.07, 6.45) is -0.923. The third kappa shape index (κ3) is 4.64. The second-order valence-corrected chi connectivity index (χ2v) is 8.38. The number of hydrogen-bond acceptors (Lipinski definition) is 4. The highest BCUT2D eigenvalue weighted by molar-refractivity contribution is 5.75. The molecule has 160 valence electrons. The van der Waals surface area contributed by atoms with Gasteiger partial charge in [0.15, 0.2) is 0 Å². The van der Waals surface area contributed by atoms with E-state index in [9.17, 15) is 9.90 Å². The summed E-state index contributed by atoms with van der Waals surface area (Å²) >= 11 is 0. The summed E-state index contributed by atoms with van der Waals surface area (Å²) in [4.78, 5) is 13.5. The molecule has 0 fully saturated rings. The molecule has 3 aromatic carbocycles. The maximum atomic E-state index is 13.5. The second kappa shape index (κ2) is 9.36. The first-order valence-corrected chi connectivity index (χ1v) is 10.8. The van der Waals surface area contributed by atoms with Crippen molar-refractivity contribution in [2.45, 2.75) is 38.6 Å². The lowest BCUT2D eigenvalue weighted by atomic mass is 9.79.